The van der Waals surface area contributed by atoms with E-state index in [-0.39, 0.29) is 11.4 Å². The average Bonchev–Trinajstić information content (AvgIpc) is 2.74. The van der Waals surface area contributed by atoms with Crippen molar-refractivity contribution in [1.82, 2.24) is 5.32 Å². The molecule has 1 N–H and O–H groups in total. The maximum absolute atomic E-state index is 13.6. The molecule has 2 aliphatic heterocycles. The van der Waals surface area contributed by atoms with Crippen LogP contribution in [0.25, 0.3) is 0 Å². The molecule has 17 heavy (non-hydrogen) atoms. The van der Waals surface area contributed by atoms with E-state index < -0.39 is 0 Å². The van der Waals surface area contributed by atoms with Gasteiger partial charge in [-0.3, -0.25) is 0 Å². The first-order valence-electron chi connectivity index (χ1n) is 6.00. The molecule has 0 saturated carbocycles. The zero-order valence-electron chi connectivity index (χ0n) is 9.58. The van der Waals surface area contributed by atoms with E-state index in [1.54, 1.807) is 12.1 Å². The summed E-state index contributed by atoms with van der Waals surface area (Å²) in [5.74, 6) is -0.221. The van der Waals surface area contributed by atoms with Crippen LogP contribution in [0.1, 0.15) is 24.8 Å². The van der Waals surface area contributed by atoms with Crippen molar-refractivity contribution < 1.29 is 9.23 Å². The molecule has 3 nitrogen and oxygen atoms in total. The molecule has 1 fully saturated rings. The van der Waals surface area contributed by atoms with E-state index >= 15 is 0 Å². The number of nitrogens with zero attached hydrogens (tertiary/aromatic N) is 1. The molecular formula is C13H15FN2O. The summed E-state index contributed by atoms with van der Waals surface area (Å²) in [6.45, 7) is 1.89. The van der Waals surface area contributed by atoms with Gasteiger partial charge in [0.25, 0.3) is 0 Å². The first-order chi connectivity index (χ1) is 8.29. The van der Waals surface area contributed by atoms with Gasteiger partial charge in [0.05, 0.1) is 5.71 Å². The Morgan fingerprint density at radius 1 is 1.24 bits per heavy atom. The van der Waals surface area contributed by atoms with Crippen molar-refractivity contribution in [2.75, 3.05) is 13.1 Å². The number of halogens is 1. The van der Waals surface area contributed by atoms with Gasteiger partial charge >= 0.3 is 0 Å². The number of nitrogens with one attached hydrogen (secondary N) is 1. The van der Waals surface area contributed by atoms with E-state index in [4.69, 9.17) is 4.84 Å². The standard InChI is InChI=1S/C13H15FN2O/c14-11-4-2-1-3-10(11)12-9-13(17-16-12)5-7-15-8-6-13/h1-4,15H,5-9H2. The van der Waals surface area contributed by atoms with E-state index in [0.29, 0.717) is 5.56 Å². The van der Waals surface area contributed by atoms with Crippen LogP contribution in [0.5, 0.6) is 0 Å². The fraction of sp³-hybridized carbons (Fsp3) is 0.462. The van der Waals surface area contributed by atoms with E-state index in [0.717, 1.165) is 38.1 Å². The predicted octanol–water partition coefficient (Wildman–Crippen LogP) is 2.07. The molecule has 1 aromatic rings. The minimum absolute atomic E-state index is 0.192. The Kier molecular flexibility index (Phi) is 2.59. The summed E-state index contributed by atoms with van der Waals surface area (Å²) >= 11 is 0. The van der Waals surface area contributed by atoms with Crippen molar-refractivity contribution >= 4 is 5.71 Å². The topological polar surface area (TPSA) is 33.6 Å². The number of oxime groups is 1. The van der Waals surface area contributed by atoms with Gasteiger partial charge < -0.3 is 10.2 Å². The first-order valence-corrected chi connectivity index (χ1v) is 6.00. The second-order valence-electron chi connectivity index (χ2n) is 4.72. The van der Waals surface area contributed by atoms with Gasteiger partial charge in [-0.05, 0) is 19.2 Å². The van der Waals surface area contributed by atoms with Crippen molar-refractivity contribution in [3.05, 3.63) is 35.6 Å². The maximum atomic E-state index is 13.6. The lowest BCUT2D eigenvalue weighted by molar-refractivity contribution is -0.0400. The second kappa shape index (κ2) is 4.11. The van der Waals surface area contributed by atoms with E-state index in [1.807, 2.05) is 6.07 Å². The normalized spacial score (nSPS) is 22.3. The number of piperidine rings is 1. The minimum atomic E-state index is -0.221. The highest BCUT2D eigenvalue weighted by molar-refractivity contribution is 6.01. The lowest BCUT2D eigenvalue weighted by atomic mass is 9.86. The Bertz CT molecular complexity index is 452. The van der Waals surface area contributed by atoms with Crippen LogP contribution >= 0.6 is 0 Å². The Labute approximate surface area is 99.7 Å². The third-order valence-corrected chi connectivity index (χ3v) is 3.54. The molecule has 0 atom stereocenters. The molecule has 1 aromatic carbocycles. The quantitative estimate of drug-likeness (QED) is 0.807. The number of benzene rings is 1. The molecule has 4 heteroatoms. The maximum Gasteiger partial charge on any atom is 0.145 e. The lowest BCUT2D eigenvalue weighted by Crippen LogP contribution is -2.42. The summed E-state index contributed by atoms with van der Waals surface area (Å²) in [6.07, 6.45) is 2.60. The third kappa shape index (κ3) is 1.93. The van der Waals surface area contributed by atoms with E-state index in [9.17, 15) is 4.39 Å². The Balaban J connectivity index is 1.81. The van der Waals surface area contributed by atoms with Crippen LogP contribution in [-0.4, -0.2) is 24.4 Å². The molecule has 90 valence electrons. The molecule has 2 aliphatic rings. The summed E-state index contributed by atoms with van der Waals surface area (Å²) in [5.41, 5.74) is 1.12. The monoisotopic (exact) mass is 234 g/mol. The predicted molar refractivity (Wildman–Crippen MR) is 63.5 cm³/mol. The molecule has 0 aliphatic carbocycles. The van der Waals surface area contributed by atoms with Gasteiger partial charge in [0.15, 0.2) is 0 Å². The van der Waals surface area contributed by atoms with Crippen LogP contribution in [0.15, 0.2) is 29.4 Å². The lowest BCUT2D eigenvalue weighted by Gasteiger charge is -2.30. The highest BCUT2D eigenvalue weighted by Crippen LogP contribution is 2.34. The molecule has 0 radical (unpaired) electrons. The largest absolute Gasteiger partial charge is 0.388 e. The van der Waals surface area contributed by atoms with Gasteiger partial charge in [0.2, 0.25) is 0 Å². The van der Waals surface area contributed by atoms with Gasteiger partial charge in [0.1, 0.15) is 11.4 Å². The summed E-state index contributed by atoms with van der Waals surface area (Å²) in [6, 6.07) is 6.74. The number of rotatable bonds is 1. The summed E-state index contributed by atoms with van der Waals surface area (Å²) in [5, 5.41) is 7.39. The van der Waals surface area contributed by atoms with Crippen LogP contribution in [0.2, 0.25) is 0 Å². The highest BCUT2D eigenvalue weighted by Gasteiger charge is 2.40. The van der Waals surface area contributed by atoms with E-state index in [2.05, 4.69) is 10.5 Å². The molecule has 0 aromatic heterocycles. The van der Waals surface area contributed by atoms with Gasteiger partial charge in [-0.15, -0.1) is 0 Å². The molecular weight excluding hydrogens is 219 g/mol. The van der Waals surface area contributed by atoms with Gasteiger partial charge in [-0.25, -0.2) is 4.39 Å². The van der Waals surface area contributed by atoms with Crippen molar-refractivity contribution in [3.63, 3.8) is 0 Å². The van der Waals surface area contributed by atoms with Crippen molar-refractivity contribution in [2.24, 2.45) is 5.16 Å². The summed E-state index contributed by atoms with van der Waals surface area (Å²) in [7, 11) is 0. The molecule has 1 spiro atoms. The van der Waals surface area contributed by atoms with Crippen LogP contribution in [0.3, 0.4) is 0 Å². The Morgan fingerprint density at radius 2 is 2.00 bits per heavy atom. The van der Waals surface area contributed by atoms with Crippen molar-refractivity contribution in [3.8, 4) is 0 Å². The third-order valence-electron chi connectivity index (χ3n) is 3.54. The molecule has 1 saturated heterocycles. The highest BCUT2D eigenvalue weighted by atomic mass is 19.1. The molecule has 0 bridgehead atoms. The molecule has 0 amide bonds. The smallest absolute Gasteiger partial charge is 0.145 e. The summed E-state index contributed by atoms with van der Waals surface area (Å²) in [4.78, 5) is 5.58. The SMILES string of the molecule is Fc1ccccc1C1=NOC2(CCNCC2)C1. The zero-order chi connectivity index (χ0) is 11.7. The van der Waals surface area contributed by atoms with Crippen LogP contribution in [0, 0.1) is 5.82 Å². The zero-order valence-corrected chi connectivity index (χ0v) is 9.58. The molecule has 2 heterocycles. The number of hydrogen-bond acceptors (Lipinski definition) is 3. The Morgan fingerprint density at radius 3 is 2.76 bits per heavy atom. The number of hydrogen-bond donors (Lipinski definition) is 1. The first kappa shape index (κ1) is 10.7. The van der Waals surface area contributed by atoms with Gasteiger partial charge in [0, 0.05) is 24.8 Å². The van der Waals surface area contributed by atoms with Crippen molar-refractivity contribution in [1.29, 1.82) is 0 Å². The Hall–Kier alpha value is -1.42. The molecule has 3 rings (SSSR count). The van der Waals surface area contributed by atoms with E-state index in [1.165, 1.54) is 6.07 Å². The van der Waals surface area contributed by atoms with Crippen LogP contribution in [0.4, 0.5) is 4.39 Å². The fourth-order valence-corrected chi connectivity index (χ4v) is 2.51. The second-order valence-corrected chi connectivity index (χ2v) is 4.72. The average molecular weight is 234 g/mol. The molecule has 0 unspecified atom stereocenters. The summed E-state index contributed by atoms with van der Waals surface area (Å²) < 4.78 is 13.6. The van der Waals surface area contributed by atoms with Crippen LogP contribution < -0.4 is 5.32 Å². The van der Waals surface area contributed by atoms with Gasteiger partial charge in [-0.2, -0.15) is 0 Å². The fourth-order valence-electron chi connectivity index (χ4n) is 2.51. The van der Waals surface area contributed by atoms with Gasteiger partial charge in [-0.1, -0.05) is 23.4 Å². The minimum Gasteiger partial charge on any atom is -0.388 e. The van der Waals surface area contributed by atoms with Crippen LogP contribution in [-0.2, 0) is 4.84 Å². The van der Waals surface area contributed by atoms with Crippen molar-refractivity contribution in [2.45, 2.75) is 24.9 Å².